The molecule has 0 bridgehead atoms. The Morgan fingerprint density at radius 2 is 0.897 bits per heavy atom. The molecule has 15 nitrogen and oxygen atoms in total. The maximum absolute atomic E-state index is 13.0. The summed E-state index contributed by atoms with van der Waals surface area (Å²) in [5.41, 5.74) is 2.18. The first-order valence-corrected chi connectivity index (χ1v) is 23.6. The summed E-state index contributed by atoms with van der Waals surface area (Å²) < 4.78 is 53.9. The zero-order chi connectivity index (χ0) is 49.7. The number of nitrogens with one attached hydrogen (secondary N) is 1. The molecule has 0 unspecified atom stereocenters. The second-order valence-electron chi connectivity index (χ2n) is 14.5. The maximum Gasteiger partial charge on any atom is 0.376 e. The summed E-state index contributed by atoms with van der Waals surface area (Å²) in [7, 11) is -7.87. The van der Waals surface area contributed by atoms with E-state index in [0.29, 0.717) is 32.6 Å². The number of nitrogens with zero attached hydrogens (tertiary/aromatic N) is 2. The second kappa shape index (κ2) is 20.6. The topological polar surface area (TPSA) is 243 Å². The number of hydrogen-bond donors (Lipinski definition) is 5. The number of aliphatic carboxylic acids is 1. The van der Waals surface area contributed by atoms with Crippen LogP contribution in [-0.2, 0) is 39.2 Å². The van der Waals surface area contributed by atoms with Gasteiger partial charge in [0.05, 0.1) is 20.8 Å². The van der Waals surface area contributed by atoms with E-state index in [1.54, 1.807) is 72.9 Å². The average Bonchev–Trinajstić information content (AvgIpc) is 4.01. The van der Waals surface area contributed by atoms with Crippen LogP contribution < -0.4 is 0 Å². The van der Waals surface area contributed by atoms with Crippen molar-refractivity contribution in [2.24, 2.45) is 0 Å². The van der Waals surface area contributed by atoms with Gasteiger partial charge in [0, 0.05) is 90.3 Å². The van der Waals surface area contributed by atoms with E-state index in [4.69, 9.17) is 39.9 Å². The Bertz CT molecular complexity index is 3610. The van der Waals surface area contributed by atoms with Crippen LogP contribution in [0.1, 0.15) is 30.5 Å². The van der Waals surface area contributed by atoms with Crippen LogP contribution >= 0.6 is 34.8 Å². The van der Waals surface area contributed by atoms with Crippen LogP contribution in [0.4, 0.5) is 0 Å². The van der Waals surface area contributed by atoms with E-state index in [1.807, 2.05) is 6.07 Å². The number of rotatable bonds is 11. The zero-order valence-electron chi connectivity index (χ0n) is 35.3. The fourth-order valence-electron chi connectivity index (χ4n) is 6.67. The van der Waals surface area contributed by atoms with Crippen molar-refractivity contribution >= 4 is 128 Å². The average molecular weight is 1020 g/mol. The van der Waals surface area contributed by atoms with Crippen LogP contribution in [0.2, 0.25) is 15.1 Å². The van der Waals surface area contributed by atoms with Gasteiger partial charge in [-0.3, -0.25) is 14.4 Å². The molecule has 0 fully saturated rings. The molecule has 348 valence electrons. The van der Waals surface area contributed by atoms with Crippen LogP contribution in [0.3, 0.4) is 0 Å². The van der Waals surface area contributed by atoms with Crippen molar-refractivity contribution in [2.75, 3.05) is 0 Å². The Balaban J connectivity index is 0.000000173. The van der Waals surface area contributed by atoms with E-state index in [9.17, 15) is 51.3 Å². The summed E-state index contributed by atoms with van der Waals surface area (Å²) in [4.78, 5) is 47.4. The number of aliphatic hydroxyl groups is 3. The molecule has 8 rings (SSSR count). The number of carbonyl (C=O) groups excluding carboxylic acids is 3. The molecule has 5 aromatic carbocycles. The minimum absolute atomic E-state index is 0.0217. The smallest absolute Gasteiger partial charge is 0.376 e. The van der Waals surface area contributed by atoms with Crippen molar-refractivity contribution in [3.8, 4) is 0 Å². The van der Waals surface area contributed by atoms with Gasteiger partial charge in [0.15, 0.2) is 11.6 Å². The highest BCUT2D eigenvalue weighted by Crippen LogP contribution is 2.33. The molecule has 0 aliphatic heterocycles. The molecule has 0 radical (unpaired) electrons. The van der Waals surface area contributed by atoms with Crippen molar-refractivity contribution in [2.45, 2.75) is 23.6 Å². The first-order valence-electron chi connectivity index (χ1n) is 19.6. The lowest BCUT2D eigenvalue weighted by Crippen LogP contribution is -2.11. The first kappa shape index (κ1) is 50.0. The predicted octanol–water partition coefficient (Wildman–Crippen LogP) is 10.4. The van der Waals surface area contributed by atoms with Gasteiger partial charge in [-0.05, 0) is 92.7 Å². The lowest BCUT2D eigenvalue weighted by atomic mass is 10.1. The van der Waals surface area contributed by atoms with Crippen LogP contribution in [0, 0.1) is 0 Å². The molecule has 0 saturated heterocycles. The van der Waals surface area contributed by atoms with Crippen molar-refractivity contribution in [3.05, 3.63) is 184 Å². The standard InChI is InChI=1S/C18H12ClNO6S.C18H14ClNO4S.C12H10ClNO2/c19-11-6-7-15-13(8-11)14(16(21)9-17(22)18(23)24)10-20(15)27(25,26)12-4-2-1-3-5-12;1-12(21)9-18(22)16-11-20(17-8-7-13(19)10-15(16)17)25(23,24)14-5-3-2-4-6-14;1-7(15)4-12(16)10-6-14-11-3-2-8(13)5-9(10)11/h1-10,21H,(H,23,24);2-11,22H,1H3;2-6,14,16H,1H3. The van der Waals surface area contributed by atoms with Crippen LogP contribution in [-0.4, -0.2) is 73.5 Å². The Hall–Kier alpha value is -7.41. The SMILES string of the molecule is CC(=O)C=C(O)c1c[nH]c2ccc(Cl)cc12.CC(=O)C=C(O)c1cn(S(=O)(=O)c2ccccc2)c2ccc(Cl)cc12.O=C(O)C(=O)C=C(O)c1cn(S(=O)(=O)c2ccccc2)c2ccc(Cl)cc12. The molecule has 5 N–H and O–H groups in total. The molecule has 0 aliphatic rings. The molecule has 0 spiro atoms. The van der Waals surface area contributed by atoms with Crippen LogP contribution in [0.25, 0.3) is 50.0 Å². The number of fused-ring (bicyclic) bond motifs is 3. The zero-order valence-corrected chi connectivity index (χ0v) is 39.2. The first-order chi connectivity index (χ1) is 32.1. The molecule has 3 heterocycles. The Morgan fingerprint density at radius 3 is 1.31 bits per heavy atom. The van der Waals surface area contributed by atoms with Gasteiger partial charge in [-0.15, -0.1) is 0 Å². The van der Waals surface area contributed by atoms with Crippen LogP contribution in [0.5, 0.6) is 0 Å². The third-order valence-electron chi connectivity index (χ3n) is 9.70. The number of aromatic amines is 1. The molecular weight excluding hydrogens is 981 g/mol. The molecular formula is C48H36Cl3N3O12S2. The van der Waals surface area contributed by atoms with E-state index in [-0.39, 0.29) is 59.9 Å². The predicted molar refractivity (Wildman–Crippen MR) is 261 cm³/mol. The molecule has 0 saturated carbocycles. The lowest BCUT2D eigenvalue weighted by Gasteiger charge is -2.07. The van der Waals surface area contributed by atoms with E-state index >= 15 is 0 Å². The number of carbonyl (C=O) groups is 4. The number of benzene rings is 5. The molecule has 0 atom stereocenters. The molecule has 68 heavy (non-hydrogen) atoms. The van der Waals surface area contributed by atoms with Crippen molar-refractivity contribution in [1.29, 1.82) is 0 Å². The molecule has 0 amide bonds. The normalized spacial score (nSPS) is 12.3. The molecule has 20 heteroatoms. The second-order valence-corrected chi connectivity index (χ2v) is 19.4. The summed E-state index contributed by atoms with van der Waals surface area (Å²) in [5.74, 6) is -4.71. The highest BCUT2D eigenvalue weighted by molar-refractivity contribution is 7.90. The van der Waals surface area contributed by atoms with E-state index in [2.05, 4.69) is 4.98 Å². The summed E-state index contributed by atoms with van der Waals surface area (Å²) in [6.07, 6.45) is 6.79. The van der Waals surface area contributed by atoms with Gasteiger partial charge in [-0.25, -0.2) is 29.6 Å². The van der Waals surface area contributed by atoms with Gasteiger partial charge in [-0.2, -0.15) is 0 Å². The largest absolute Gasteiger partial charge is 0.507 e. The minimum Gasteiger partial charge on any atom is -0.507 e. The number of aliphatic hydroxyl groups excluding tert-OH is 3. The summed E-state index contributed by atoms with van der Waals surface area (Å²) in [6.45, 7) is 2.68. The van der Waals surface area contributed by atoms with E-state index in [0.717, 1.165) is 31.1 Å². The van der Waals surface area contributed by atoms with Crippen LogP contribution in [0.15, 0.2) is 162 Å². The number of allylic oxidation sites excluding steroid dienone is 2. The van der Waals surface area contributed by atoms with Gasteiger partial charge in [-0.1, -0.05) is 71.2 Å². The van der Waals surface area contributed by atoms with Gasteiger partial charge in [0.1, 0.15) is 17.3 Å². The van der Waals surface area contributed by atoms with E-state index < -0.39 is 37.6 Å². The Morgan fingerprint density at radius 1 is 0.515 bits per heavy atom. The highest BCUT2D eigenvalue weighted by atomic mass is 35.5. The lowest BCUT2D eigenvalue weighted by molar-refractivity contribution is -0.146. The van der Waals surface area contributed by atoms with Gasteiger partial charge in [0.2, 0.25) is 0 Å². The van der Waals surface area contributed by atoms with Gasteiger partial charge < -0.3 is 25.4 Å². The number of aromatic nitrogens is 3. The maximum atomic E-state index is 13.0. The van der Waals surface area contributed by atoms with Gasteiger partial charge in [0.25, 0.3) is 25.8 Å². The minimum atomic E-state index is -4.00. The number of hydrogen-bond acceptors (Lipinski definition) is 11. The quantitative estimate of drug-likeness (QED) is 0.0462. The number of halogens is 3. The highest BCUT2D eigenvalue weighted by Gasteiger charge is 2.25. The molecule has 8 aromatic rings. The Kier molecular flexibility index (Phi) is 15.2. The third kappa shape index (κ3) is 11.1. The number of carboxylic acid groups (broad SMARTS) is 1. The number of carboxylic acids is 1. The summed E-state index contributed by atoms with van der Waals surface area (Å²) in [5, 5.41) is 41.6. The summed E-state index contributed by atoms with van der Waals surface area (Å²) >= 11 is 17.9. The van der Waals surface area contributed by atoms with Gasteiger partial charge >= 0.3 is 5.97 Å². The van der Waals surface area contributed by atoms with Crippen molar-refractivity contribution < 1.29 is 56.4 Å². The Labute approximate surface area is 402 Å². The number of H-pyrrole nitrogens is 1. The monoisotopic (exact) mass is 1020 g/mol. The fourth-order valence-corrected chi connectivity index (χ4v) is 9.97. The van der Waals surface area contributed by atoms with E-state index in [1.165, 1.54) is 68.6 Å². The molecule has 0 aliphatic carbocycles. The van der Waals surface area contributed by atoms with Crippen molar-refractivity contribution in [1.82, 2.24) is 12.9 Å². The third-order valence-corrected chi connectivity index (χ3v) is 13.8. The summed E-state index contributed by atoms with van der Waals surface area (Å²) in [6, 6.07) is 29.9. The number of ketones is 3. The fraction of sp³-hybridized carbons (Fsp3) is 0.0417. The molecule has 3 aromatic heterocycles. The van der Waals surface area contributed by atoms with Crippen molar-refractivity contribution in [3.63, 3.8) is 0 Å².